The number of aryl methyl sites for hydroxylation is 1. The van der Waals surface area contributed by atoms with Gasteiger partial charge in [-0.2, -0.15) is 0 Å². The first kappa shape index (κ1) is 13.6. The zero-order chi connectivity index (χ0) is 14.2. The third-order valence-electron chi connectivity index (χ3n) is 5.72. The van der Waals surface area contributed by atoms with Crippen molar-refractivity contribution in [2.45, 2.75) is 63.1 Å². The Morgan fingerprint density at radius 3 is 2.95 bits per heavy atom. The second-order valence-electron chi connectivity index (χ2n) is 6.99. The Balaban J connectivity index is 1.52. The smallest absolute Gasteiger partial charge is 0.115 e. The summed E-state index contributed by atoms with van der Waals surface area (Å²) in [4.78, 5) is 2.69. The number of benzene rings is 1. The van der Waals surface area contributed by atoms with E-state index in [0.717, 1.165) is 12.5 Å². The van der Waals surface area contributed by atoms with Crippen LogP contribution in [-0.4, -0.2) is 35.2 Å². The van der Waals surface area contributed by atoms with Crippen molar-refractivity contribution in [3.63, 3.8) is 0 Å². The summed E-state index contributed by atoms with van der Waals surface area (Å²) in [6.45, 7) is 2.56. The highest BCUT2D eigenvalue weighted by Gasteiger charge is 2.37. The number of hydrogen-bond donors (Lipinski definition) is 2. The maximum Gasteiger partial charge on any atom is 0.115 e. The van der Waals surface area contributed by atoms with Gasteiger partial charge in [0.1, 0.15) is 5.75 Å². The number of aromatic hydroxyl groups is 1. The van der Waals surface area contributed by atoms with Crippen LogP contribution in [0.4, 0.5) is 0 Å². The molecule has 0 spiro atoms. The van der Waals surface area contributed by atoms with E-state index < -0.39 is 0 Å². The van der Waals surface area contributed by atoms with Crippen molar-refractivity contribution in [1.29, 1.82) is 0 Å². The van der Waals surface area contributed by atoms with Crippen LogP contribution in [0.5, 0.6) is 5.75 Å². The molecular formula is C18H26N2O. The fourth-order valence-electron chi connectivity index (χ4n) is 4.66. The van der Waals surface area contributed by atoms with Gasteiger partial charge in [0.05, 0.1) is 0 Å². The summed E-state index contributed by atoms with van der Waals surface area (Å²) >= 11 is 0. The molecule has 2 fully saturated rings. The van der Waals surface area contributed by atoms with Crippen molar-refractivity contribution in [3.8, 4) is 5.75 Å². The highest BCUT2D eigenvalue weighted by atomic mass is 16.3. The van der Waals surface area contributed by atoms with Crippen LogP contribution in [0.2, 0.25) is 0 Å². The quantitative estimate of drug-likeness (QED) is 0.877. The normalized spacial score (nSPS) is 32.7. The van der Waals surface area contributed by atoms with E-state index in [1.807, 2.05) is 12.1 Å². The van der Waals surface area contributed by atoms with Crippen molar-refractivity contribution in [2.75, 3.05) is 13.1 Å². The number of rotatable bonds is 2. The second kappa shape index (κ2) is 5.62. The number of piperidine rings is 1. The molecule has 3 unspecified atom stereocenters. The Bertz CT molecular complexity index is 516. The number of hydrogen-bond acceptors (Lipinski definition) is 3. The number of phenolic OH excluding ortho intramolecular Hbond substituents is 1. The Labute approximate surface area is 127 Å². The minimum absolute atomic E-state index is 0.410. The molecule has 1 aliphatic carbocycles. The molecule has 0 amide bonds. The third-order valence-corrected chi connectivity index (χ3v) is 5.72. The molecule has 3 atom stereocenters. The van der Waals surface area contributed by atoms with Crippen molar-refractivity contribution in [2.24, 2.45) is 0 Å². The van der Waals surface area contributed by atoms with Crippen LogP contribution in [0.25, 0.3) is 0 Å². The summed E-state index contributed by atoms with van der Waals surface area (Å²) in [6, 6.07) is 7.76. The minimum atomic E-state index is 0.410. The van der Waals surface area contributed by atoms with Gasteiger partial charge in [0.2, 0.25) is 0 Å². The summed E-state index contributed by atoms with van der Waals surface area (Å²) in [5.74, 6) is 0.410. The molecule has 1 aromatic carbocycles. The standard InChI is InChI=1S/C18H26N2O/c21-14-8-7-13-4-3-5-16(15(13)12-14)19-17-9-11-20-10-2-1-6-18(17)20/h7-8,12,16-19,21H,1-6,9-11H2. The van der Waals surface area contributed by atoms with Crippen LogP contribution in [0, 0.1) is 0 Å². The number of nitrogens with zero attached hydrogens (tertiary/aromatic N) is 1. The molecule has 3 aliphatic rings. The highest BCUT2D eigenvalue weighted by molar-refractivity contribution is 5.38. The summed E-state index contributed by atoms with van der Waals surface area (Å²) in [5.41, 5.74) is 2.77. The van der Waals surface area contributed by atoms with Gasteiger partial charge in [-0.05, 0) is 68.3 Å². The lowest BCUT2D eigenvalue weighted by Gasteiger charge is -2.36. The number of nitrogens with one attached hydrogen (secondary N) is 1. The zero-order valence-electron chi connectivity index (χ0n) is 12.7. The van der Waals surface area contributed by atoms with E-state index in [1.165, 1.54) is 62.7 Å². The minimum Gasteiger partial charge on any atom is -0.508 e. The van der Waals surface area contributed by atoms with E-state index in [4.69, 9.17) is 0 Å². The zero-order valence-corrected chi connectivity index (χ0v) is 12.7. The molecule has 2 aliphatic heterocycles. The average molecular weight is 286 g/mol. The summed E-state index contributed by atoms with van der Waals surface area (Å²) in [6.07, 6.45) is 9.04. The van der Waals surface area contributed by atoms with Gasteiger partial charge < -0.3 is 10.4 Å². The van der Waals surface area contributed by atoms with E-state index in [-0.39, 0.29) is 0 Å². The van der Waals surface area contributed by atoms with Crippen molar-refractivity contribution < 1.29 is 5.11 Å². The molecular weight excluding hydrogens is 260 g/mol. The van der Waals surface area contributed by atoms with Crippen molar-refractivity contribution in [1.82, 2.24) is 10.2 Å². The fraction of sp³-hybridized carbons (Fsp3) is 0.667. The number of fused-ring (bicyclic) bond motifs is 2. The number of phenols is 1. The van der Waals surface area contributed by atoms with Crippen LogP contribution in [0.1, 0.15) is 55.7 Å². The maximum atomic E-state index is 9.82. The maximum absolute atomic E-state index is 9.82. The van der Waals surface area contributed by atoms with Crippen LogP contribution < -0.4 is 5.32 Å². The van der Waals surface area contributed by atoms with Crippen molar-refractivity contribution >= 4 is 0 Å². The molecule has 0 bridgehead atoms. The lowest BCUT2D eigenvalue weighted by atomic mass is 9.86. The molecule has 0 aromatic heterocycles. The second-order valence-corrected chi connectivity index (χ2v) is 6.99. The summed E-state index contributed by atoms with van der Waals surface area (Å²) < 4.78 is 0. The van der Waals surface area contributed by atoms with Gasteiger partial charge in [-0.1, -0.05) is 12.5 Å². The summed E-state index contributed by atoms with van der Waals surface area (Å²) in [5, 5.41) is 13.8. The van der Waals surface area contributed by atoms with Gasteiger partial charge in [-0.15, -0.1) is 0 Å². The largest absolute Gasteiger partial charge is 0.508 e. The fourth-order valence-corrected chi connectivity index (χ4v) is 4.66. The van der Waals surface area contributed by atoms with Crippen LogP contribution >= 0.6 is 0 Å². The van der Waals surface area contributed by atoms with Crippen molar-refractivity contribution in [3.05, 3.63) is 29.3 Å². The monoisotopic (exact) mass is 286 g/mol. The van der Waals surface area contributed by atoms with Gasteiger partial charge in [0.25, 0.3) is 0 Å². The molecule has 21 heavy (non-hydrogen) atoms. The first-order valence-electron chi connectivity index (χ1n) is 8.63. The lowest BCUT2D eigenvalue weighted by Crippen LogP contribution is -2.46. The predicted octanol–water partition coefficient (Wildman–Crippen LogP) is 2.99. The van der Waals surface area contributed by atoms with Gasteiger partial charge in [-0.25, -0.2) is 0 Å². The van der Waals surface area contributed by atoms with Gasteiger partial charge in [0, 0.05) is 24.7 Å². The van der Waals surface area contributed by atoms with E-state index in [9.17, 15) is 5.11 Å². The molecule has 2 heterocycles. The highest BCUT2D eigenvalue weighted by Crippen LogP contribution is 2.35. The van der Waals surface area contributed by atoms with E-state index in [0.29, 0.717) is 17.8 Å². The molecule has 0 radical (unpaired) electrons. The SMILES string of the molecule is Oc1ccc2c(c1)C(NC1CCN3CCCCC13)CCC2. The molecule has 2 N–H and O–H groups in total. The Hall–Kier alpha value is -1.06. The average Bonchev–Trinajstić information content (AvgIpc) is 2.91. The van der Waals surface area contributed by atoms with Gasteiger partial charge in [0.15, 0.2) is 0 Å². The van der Waals surface area contributed by atoms with Gasteiger partial charge in [-0.3, -0.25) is 4.90 Å². The molecule has 114 valence electrons. The molecule has 4 rings (SSSR count). The Kier molecular flexibility index (Phi) is 3.64. The molecule has 1 aromatic rings. The topological polar surface area (TPSA) is 35.5 Å². The first-order chi connectivity index (χ1) is 10.3. The lowest BCUT2D eigenvalue weighted by molar-refractivity contribution is 0.175. The first-order valence-corrected chi connectivity index (χ1v) is 8.63. The molecule has 2 saturated heterocycles. The molecule has 3 heteroatoms. The van der Waals surface area contributed by atoms with Crippen LogP contribution in [0.15, 0.2) is 18.2 Å². The van der Waals surface area contributed by atoms with Crippen LogP contribution in [0.3, 0.4) is 0 Å². The van der Waals surface area contributed by atoms with E-state index >= 15 is 0 Å². The van der Waals surface area contributed by atoms with Crippen LogP contribution in [-0.2, 0) is 6.42 Å². The Morgan fingerprint density at radius 1 is 1.05 bits per heavy atom. The van der Waals surface area contributed by atoms with E-state index in [1.54, 1.807) is 0 Å². The predicted molar refractivity (Wildman–Crippen MR) is 84.5 cm³/mol. The summed E-state index contributed by atoms with van der Waals surface area (Å²) in [7, 11) is 0. The molecule has 3 nitrogen and oxygen atoms in total. The van der Waals surface area contributed by atoms with Gasteiger partial charge >= 0.3 is 0 Å². The molecule has 0 saturated carbocycles. The Morgan fingerprint density at radius 2 is 2.00 bits per heavy atom. The third kappa shape index (κ3) is 2.58. The van der Waals surface area contributed by atoms with E-state index in [2.05, 4.69) is 16.3 Å².